The molecule has 0 aliphatic heterocycles. The molecule has 6 heteroatoms. The van der Waals surface area contributed by atoms with Crippen LogP contribution in [-0.4, -0.2) is 12.9 Å². The Bertz CT molecular complexity index is 687. The molecule has 0 unspecified atom stereocenters. The standard InChI is InChI=1S/C14H8Cl2F2O2/c1-20-13-6-9(15)8(5-10(13)16)14(19)7-2-3-11(17)12(18)4-7/h2-6H,1H3. The van der Waals surface area contributed by atoms with Crippen molar-refractivity contribution in [1.29, 1.82) is 0 Å². The second-order valence-electron chi connectivity index (χ2n) is 3.92. The van der Waals surface area contributed by atoms with Crippen LogP contribution < -0.4 is 4.74 Å². The van der Waals surface area contributed by atoms with E-state index in [2.05, 4.69) is 0 Å². The number of hydrogen-bond acceptors (Lipinski definition) is 2. The van der Waals surface area contributed by atoms with E-state index in [4.69, 9.17) is 27.9 Å². The molecule has 0 heterocycles. The van der Waals surface area contributed by atoms with Gasteiger partial charge < -0.3 is 4.74 Å². The van der Waals surface area contributed by atoms with Gasteiger partial charge in [0.05, 0.1) is 17.2 Å². The molecule has 2 aromatic carbocycles. The van der Waals surface area contributed by atoms with Gasteiger partial charge in [0.25, 0.3) is 0 Å². The van der Waals surface area contributed by atoms with Crippen LogP contribution in [0.3, 0.4) is 0 Å². The van der Waals surface area contributed by atoms with Crippen LogP contribution in [0.15, 0.2) is 30.3 Å². The summed E-state index contributed by atoms with van der Waals surface area (Å²) in [5.41, 5.74) is 0.0653. The number of ketones is 1. The third-order valence-electron chi connectivity index (χ3n) is 2.67. The largest absolute Gasteiger partial charge is 0.495 e. The summed E-state index contributed by atoms with van der Waals surface area (Å²) in [4.78, 5) is 12.2. The minimum absolute atomic E-state index is 0.0213. The van der Waals surface area contributed by atoms with Gasteiger partial charge in [-0.15, -0.1) is 0 Å². The van der Waals surface area contributed by atoms with Crippen molar-refractivity contribution in [2.75, 3.05) is 7.11 Å². The summed E-state index contributed by atoms with van der Waals surface area (Å²) in [6.45, 7) is 0. The Hall–Kier alpha value is -1.65. The summed E-state index contributed by atoms with van der Waals surface area (Å²) in [7, 11) is 1.41. The van der Waals surface area contributed by atoms with Gasteiger partial charge >= 0.3 is 0 Å². The number of carbonyl (C=O) groups is 1. The maximum Gasteiger partial charge on any atom is 0.194 e. The molecular weight excluding hydrogens is 309 g/mol. The van der Waals surface area contributed by atoms with Gasteiger partial charge in [0.15, 0.2) is 17.4 Å². The second kappa shape index (κ2) is 5.77. The third kappa shape index (κ3) is 2.76. The van der Waals surface area contributed by atoms with E-state index >= 15 is 0 Å². The van der Waals surface area contributed by atoms with Gasteiger partial charge in [-0.25, -0.2) is 8.78 Å². The molecule has 0 aliphatic rings. The molecule has 0 aliphatic carbocycles. The lowest BCUT2D eigenvalue weighted by molar-refractivity contribution is 0.103. The molecule has 104 valence electrons. The number of methoxy groups -OCH3 is 1. The Labute approximate surface area is 123 Å². The molecule has 20 heavy (non-hydrogen) atoms. The number of rotatable bonds is 3. The van der Waals surface area contributed by atoms with Gasteiger partial charge in [-0.1, -0.05) is 23.2 Å². The fraction of sp³-hybridized carbons (Fsp3) is 0.0714. The van der Waals surface area contributed by atoms with Gasteiger partial charge in [0.2, 0.25) is 0 Å². The SMILES string of the molecule is COc1cc(Cl)c(C(=O)c2ccc(F)c(F)c2)cc1Cl. The number of hydrogen-bond donors (Lipinski definition) is 0. The van der Waals surface area contributed by atoms with E-state index in [-0.39, 0.29) is 21.2 Å². The molecule has 0 N–H and O–H groups in total. The molecule has 0 atom stereocenters. The minimum Gasteiger partial charge on any atom is -0.495 e. The zero-order valence-electron chi connectivity index (χ0n) is 10.2. The Balaban J connectivity index is 2.48. The fourth-order valence-corrected chi connectivity index (χ4v) is 2.13. The van der Waals surface area contributed by atoms with Crippen molar-refractivity contribution in [2.45, 2.75) is 0 Å². The molecule has 0 amide bonds. The summed E-state index contributed by atoms with van der Waals surface area (Å²) in [6.07, 6.45) is 0. The lowest BCUT2D eigenvalue weighted by Crippen LogP contribution is -2.04. The quantitative estimate of drug-likeness (QED) is 0.779. The monoisotopic (exact) mass is 316 g/mol. The summed E-state index contributed by atoms with van der Waals surface area (Å²) < 4.78 is 31.0. The van der Waals surface area contributed by atoms with Crippen molar-refractivity contribution in [3.63, 3.8) is 0 Å². The Kier molecular flexibility index (Phi) is 4.26. The van der Waals surface area contributed by atoms with Crippen LogP contribution in [0.25, 0.3) is 0 Å². The summed E-state index contributed by atoms with van der Waals surface area (Å²) in [6, 6.07) is 5.58. The molecule has 0 radical (unpaired) electrons. The van der Waals surface area contributed by atoms with E-state index < -0.39 is 17.4 Å². The van der Waals surface area contributed by atoms with Crippen LogP contribution in [0.4, 0.5) is 8.78 Å². The summed E-state index contributed by atoms with van der Waals surface area (Å²) in [5, 5.41) is 0.309. The zero-order valence-corrected chi connectivity index (χ0v) is 11.7. The number of ether oxygens (including phenoxy) is 1. The highest BCUT2D eigenvalue weighted by atomic mass is 35.5. The number of carbonyl (C=O) groups excluding carboxylic acids is 1. The van der Waals surface area contributed by atoms with Gasteiger partial charge in [0.1, 0.15) is 5.75 Å². The Morgan fingerprint density at radius 1 is 1.05 bits per heavy atom. The van der Waals surface area contributed by atoms with E-state index in [0.717, 1.165) is 12.1 Å². The van der Waals surface area contributed by atoms with Crippen LogP contribution in [0.1, 0.15) is 15.9 Å². The first-order valence-corrected chi connectivity index (χ1v) is 6.22. The van der Waals surface area contributed by atoms with Crippen LogP contribution in [0, 0.1) is 11.6 Å². The van der Waals surface area contributed by atoms with Gasteiger partial charge in [-0.3, -0.25) is 4.79 Å². The highest BCUT2D eigenvalue weighted by Gasteiger charge is 2.17. The van der Waals surface area contributed by atoms with Crippen molar-refractivity contribution in [2.24, 2.45) is 0 Å². The fourth-order valence-electron chi connectivity index (χ4n) is 1.65. The number of halogens is 4. The average molecular weight is 317 g/mol. The zero-order chi connectivity index (χ0) is 14.9. The highest BCUT2D eigenvalue weighted by Crippen LogP contribution is 2.32. The van der Waals surface area contributed by atoms with Crippen LogP contribution in [0.2, 0.25) is 10.0 Å². The van der Waals surface area contributed by atoms with E-state index in [1.54, 1.807) is 0 Å². The first kappa shape index (κ1) is 14.8. The van der Waals surface area contributed by atoms with E-state index in [0.29, 0.717) is 5.75 Å². The second-order valence-corrected chi connectivity index (χ2v) is 4.74. The molecule has 0 spiro atoms. The smallest absolute Gasteiger partial charge is 0.194 e. The lowest BCUT2D eigenvalue weighted by atomic mass is 10.0. The topological polar surface area (TPSA) is 26.3 Å². The first-order chi connectivity index (χ1) is 9.43. The molecular formula is C14H8Cl2F2O2. The number of benzene rings is 2. The molecule has 0 fully saturated rings. The predicted molar refractivity (Wildman–Crippen MR) is 72.8 cm³/mol. The van der Waals surface area contributed by atoms with Crippen molar-refractivity contribution in [3.05, 3.63) is 63.1 Å². The molecule has 0 saturated carbocycles. The third-order valence-corrected chi connectivity index (χ3v) is 3.28. The van der Waals surface area contributed by atoms with Gasteiger partial charge in [0, 0.05) is 17.2 Å². The Morgan fingerprint density at radius 3 is 2.35 bits per heavy atom. The van der Waals surface area contributed by atoms with Gasteiger partial charge in [-0.2, -0.15) is 0 Å². The maximum atomic E-state index is 13.1. The van der Waals surface area contributed by atoms with Crippen LogP contribution in [0.5, 0.6) is 5.75 Å². The average Bonchev–Trinajstić information content (AvgIpc) is 2.43. The van der Waals surface area contributed by atoms with Crippen molar-refractivity contribution >= 4 is 29.0 Å². The summed E-state index contributed by atoms with van der Waals surface area (Å²) in [5.74, 6) is -2.37. The van der Waals surface area contributed by atoms with Gasteiger partial charge in [-0.05, 0) is 24.3 Å². The van der Waals surface area contributed by atoms with E-state index in [1.807, 2.05) is 0 Å². The maximum absolute atomic E-state index is 13.1. The molecule has 0 bridgehead atoms. The molecule has 2 nitrogen and oxygen atoms in total. The van der Waals surface area contributed by atoms with Crippen molar-refractivity contribution in [3.8, 4) is 5.75 Å². The minimum atomic E-state index is -1.11. The van der Waals surface area contributed by atoms with Crippen molar-refractivity contribution in [1.82, 2.24) is 0 Å². The Morgan fingerprint density at radius 2 is 1.75 bits per heavy atom. The van der Waals surface area contributed by atoms with Crippen LogP contribution in [-0.2, 0) is 0 Å². The molecule has 2 aromatic rings. The van der Waals surface area contributed by atoms with Crippen molar-refractivity contribution < 1.29 is 18.3 Å². The predicted octanol–water partition coefficient (Wildman–Crippen LogP) is 4.51. The normalized spacial score (nSPS) is 10.4. The van der Waals surface area contributed by atoms with E-state index in [9.17, 15) is 13.6 Å². The van der Waals surface area contributed by atoms with Crippen LogP contribution >= 0.6 is 23.2 Å². The first-order valence-electron chi connectivity index (χ1n) is 5.47. The molecule has 0 aromatic heterocycles. The molecule has 0 saturated heterocycles. The lowest BCUT2D eigenvalue weighted by Gasteiger charge is -2.08. The molecule has 2 rings (SSSR count). The highest BCUT2D eigenvalue weighted by molar-refractivity contribution is 6.37. The van der Waals surface area contributed by atoms with E-state index in [1.165, 1.54) is 25.3 Å². The summed E-state index contributed by atoms with van der Waals surface area (Å²) >= 11 is 11.9.